The van der Waals surface area contributed by atoms with Crippen molar-refractivity contribution in [1.82, 2.24) is 0 Å². The molecule has 4 heteroatoms. The lowest BCUT2D eigenvalue weighted by atomic mass is 10.7. The number of methoxy groups -OCH3 is 1. The quantitative estimate of drug-likeness (QED) is 0.336. The molecule has 0 spiro atoms. The molecule has 1 atom stereocenters. The normalized spacial score (nSPS) is 12.6. The predicted molar refractivity (Wildman–Crippen MR) is 39.1 cm³/mol. The van der Waals surface area contributed by atoms with Crippen LogP contribution in [0.1, 0.15) is 13.8 Å². The number of rotatable bonds is 5. The van der Waals surface area contributed by atoms with Crippen LogP contribution in [0.2, 0.25) is 0 Å². The van der Waals surface area contributed by atoms with Crippen LogP contribution in [0.4, 0.5) is 0 Å². The molecule has 0 fully saturated rings. The van der Waals surface area contributed by atoms with Gasteiger partial charge in [0, 0.05) is 14.0 Å². The van der Waals surface area contributed by atoms with E-state index in [1.54, 1.807) is 14.0 Å². The van der Waals surface area contributed by atoms with E-state index in [-0.39, 0.29) is 5.97 Å². The van der Waals surface area contributed by atoms with E-state index >= 15 is 0 Å². The van der Waals surface area contributed by atoms with Crippen molar-refractivity contribution in [1.29, 1.82) is 0 Å². The summed E-state index contributed by atoms with van der Waals surface area (Å²) in [5.41, 5.74) is 0. The van der Waals surface area contributed by atoms with Crippen LogP contribution in [0, 0.1) is 0 Å². The highest BCUT2D eigenvalue weighted by molar-refractivity contribution is 5.65. The second-order valence-corrected chi connectivity index (χ2v) is 2.04. The van der Waals surface area contributed by atoms with Gasteiger partial charge in [0.15, 0.2) is 6.29 Å². The van der Waals surface area contributed by atoms with Gasteiger partial charge in [-0.15, -0.1) is 0 Å². The van der Waals surface area contributed by atoms with E-state index in [2.05, 4.69) is 4.74 Å². The Bertz CT molecular complexity index is 113. The van der Waals surface area contributed by atoms with Crippen LogP contribution in [0.25, 0.3) is 0 Å². The number of carbonyl (C=O) groups is 1. The van der Waals surface area contributed by atoms with Gasteiger partial charge < -0.3 is 14.2 Å². The second-order valence-electron chi connectivity index (χ2n) is 2.04. The van der Waals surface area contributed by atoms with Crippen molar-refractivity contribution >= 4 is 5.97 Å². The molecule has 0 unspecified atom stereocenters. The lowest BCUT2D eigenvalue weighted by Gasteiger charge is -2.11. The highest BCUT2D eigenvalue weighted by Crippen LogP contribution is 1.92. The number of hydrogen-bond acceptors (Lipinski definition) is 4. The Kier molecular flexibility index (Phi) is 5.78. The average Bonchev–Trinajstić information content (AvgIpc) is 1.86. The first kappa shape index (κ1) is 10.4. The third-order valence-corrected chi connectivity index (χ3v) is 0.972. The molecule has 0 bridgehead atoms. The summed E-state index contributed by atoms with van der Waals surface area (Å²) in [4.78, 5) is 10.4. The Morgan fingerprint density at radius 3 is 2.55 bits per heavy atom. The minimum atomic E-state index is -0.484. The monoisotopic (exact) mass is 162 g/mol. The number of hydrogen-bond donors (Lipinski definition) is 0. The fourth-order valence-electron chi connectivity index (χ4n) is 0.565. The molecule has 0 heterocycles. The van der Waals surface area contributed by atoms with Crippen LogP contribution < -0.4 is 0 Å². The molecule has 66 valence electrons. The van der Waals surface area contributed by atoms with Crippen molar-refractivity contribution in [3.8, 4) is 0 Å². The van der Waals surface area contributed by atoms with Gasteiger partial charge in [0.25, 0.3) is 0 Å². The molecule has 0 rings (SSSR count). The van der Waals surface area contributed by atoms with E-state index in [0.717, 1.165) is 0 Å². The summed E-state index contributed by atoms with van der Waals surface area (Å²) >= 11 is 0. The van der Waals surface area contributed by atoms with Gasteiger partial charge in [-0.3, -0.25) is 4.79 Å². The molecule has 0 amide bonds. The zero-order valence-electron chi connectivity index (χ0n) is 7.12. The Hall–Kier alpha value is -0.610. The van der Waals surface area contributed by atoms with E-state index in [0.29, 0.717) is 13.2 Å². The van der Waals surface area contributed by atoms with E-state index < -0.39 is 6.29 Å². The maximum absolute atomic E-state index is 10.4. The molecule has 0 saturated heterocycles. The largest absolute Gasteiger partial charge is 0.436 e. The van der Waals surface area contributed by atoms with Crippen LogP contribution in [0.5, 0.6) is 0 Å². The molecule has 0 radical (unpaired) electrons. The summed E-state index contributed by atoms with van der Waals surface area (Å²) < 4.78 is 14.4. The minimum absolute atomic E-state index is 0.338. The van der Waals surface area contributed by atoms with Crippen LogP contribution in [-0.4, -0.2) is 32.6 Å². The fourth-order valence-corrected chi connectivity index (χ4v) is 0.565. The Morgan fingerprint density at radius 2 is 2.09 bits per heavy atom. The first-order chi connectivity index (χ1) is 5.16. The van der Waals surface area contributed by atoms with E-state index in [4.69, 9.17) is 9.47 Å². The van der Waals surface area contributed by atoms with Gasteiger partial charge in [0.05, 0.1) is 13.2 Å². The highest BCUT2D eigenvalue weighted by atomic mass is 16.7. The van der Waals surface area contributed by atoms with Crippen molar-refractivity contribution in [3.63, 3.8) is 0 Å². The molecule has 0 saturated carbocycles. The summed E-state index contributed by atoms with van der Waals surface area (Å²) in [6, 6.07) is 0. The molecule has 4 nitrogen and oxygen atoms in total. The molecule has 0 aliphatic carbocycles. The Balaban J connectivity index is 3.22. The molecule has 0 aromatic rings. The topological polar surface area (TPSA) is 44.8 Å². The van der Waals surface area contributed by atoms with Crippen LogP contribution in [0.15, 0.2) is 0 Å². The summed E-state index contributed by atoms with van der Waals surface area (Å²) in [5, 5.41) is 0. The van der Waals surface area contributed by atoms with Gasteiger partial charge >= 0.3 is 5.97 Å². The van der Waals surface area contributed by atoms with Crippen molar-refractivity contribution < 1.29 is 19.0 Å². The SMILES string of the molecule is COCCO[C@@H](C)OC(C)=O. The zero-order chi connectivity index (χ0) is 8.69. The van der Waals surface area contributed by atoms with Crippen molar-refractivity contribution in [2.45, 2.75) is 20.1 Å². The first-order valence-corrected chi connectivity index (χ1v) is 3.44. The van der Waals surface area contributed by atoms with Crippen LogP contribution >= 0.6 is 0 Å². The molecule has 0 aromatic carbocycles. The smallest absolute Gasteiger partial charge is 0.304 e. The molecular weight excluding hydrogens is 148 g/mol. The van der Waals surface area contributed by atoms with Gasteiger partial charge in [0.2, 0.25) is 0 Å². The van der Waals surface area contributed by atoms with E-state index in [1.165, 1.54) is 6.92 Å². The van der Waals surface area contributed by atoms with Crippen LogP contribution in [-0.2, 0) is 19.0 Å². The maximum atomic E-state index is 10.4. The third-order valence-electron chi connectivity index (χ3n) is 0.972. The number of carbonyl (C=O) groups excluding carboxylic acids is 1. The molecule has 0 N–H and O–H groups in total. The molecule has 0 aliphatic heterocycles. The van der Waals surface area contributed by atoms with Crippen molar-refractivity contribution in [2.75, 3.05) is 20.3 Å². The summed E-state index contributed by atoms with van der Waals surface area (Å²) in [6.07, 6.45) is -0.484. The zero-order valence-corrected chi connectivity index (χ0v) is 7.12. The maximum Gasteiger partial charge on any atom is 0.304 e. The van der Waals surface area contributed by atoms with Gasteiger partial charge in [-0.1, -0.05) is 0 Å². The van der Waals surface area contributed by atoms with Gasteiger partial charge in [-0.05, 0) is 6.92 Å². The molecule has 0 aromatic heterocycles. The standard InChI is InChI=1S/C7H14O4/c1-6(8)11-7(2)10-5-4-9-3/h7H,4-5H2,1-3H3/t7-/m1/s1. The summed E-state index contributed by atoms with van der Waals surface area (Å²) in [6.45, 7) is 3.95. The number of ether oxygens (including phenoxy) is 3. The van der Waals surface area contributed by atoms with Gasteiger partial charge in [-0.2, -0.15) is 0 Å². The second kappa shape index (κ2) is 6.12. The summed E-state index contributed by atoms with van der Waals surface area (Å²) in [5.74, 6) is -0.338. The highest BCUT2D eigenvalue weighted by Gasteiger charge is 2.03. The van der Waals surface area contributed by atoms with Crippen LogP contribution in [0.3, 0.4) is 0 Å². The fraction of sp³-hybridized carbons (Fsp3) is 0.857. The molecular formula is C7H14O4. The third kappa shape index (κ3) is 7.29. The summed E-state index contributed by atoms with van der Waals surface area (Å²) in [7, 11) is 1.58. The Morgan fingerprint density at radius 1 is 1.45 bits per heavy atom. The van der Waals surface area contributed by atoms with E-state index in [9.17, 15) is 4.79 Å². The van der Waals surface area contributed by atoms with Crippen molar-refractivity contribution in [3.05, 3.63) is 0 Å². The molecule has 0 aliphatic rings. The van der Waals surface area contributed by atoms with Gasteiger partial charge in [-0.25, -0.2) is 0 Å². The molecule has 11 heavy (non-hydrogen) atoms. The minimum Gasteiger partial charge on any atom is -0.436 e. The average molecular weight is 162 g/mol. The Labute approximate surface area is 66.4 Å². The van der Waals surface area contributed by atoms with E-state index in [1.807, 2.05) is 0 Å². The number of esters is 1. The predicted octanol–water partition coefficient (Wildman–Crippen LogP) is 0.558. The lowest BCUT2D eigenvalue weighted by Crippen LogP contribution is -2.18. The lowest BCUT2D eigenvalue weighted by molar-refractivity contribution is -0.173. The van der Waals surface area contributed by atoms with Crippen molar-refractivity contribution in [2.24, 2.45) is 0 Å². The first-order valence-electron chi connectivity index (χ1n) is 3.44. The van der Waals surface area contributed by atoms with Gasteiger partial charge in [0.1, 0.15) is 0 Å².